The molecule has 27 heavy (non-hydrogen) atoms. The summed E-state index contributed by atoms with van der Waals surface area (Å²) >= 11 is 0. The molecule has 2 aromatic rings. The molecule has 144 valence electrons. The highest BCUT2D eigenvalue weighted by Crippen LogP contribution is 2.20. The zero-order valence-corrected chi connectivity index (χ0v) is 17.8. The summed E-state index contributed by atoms with van der Waals surface area (Å²) in [4.78, 5) is 17.6. The first-order valence-electron chi connectivity index (χ1n) is 8.73. The van der Waals surface area contributed by atoms with Crippen molar-refractivity contribution in [3.05, 3.63) is 59.7 Å². The van der Waals surface area contributed by atoms with Gasteiger partial charge in [-0.05, 0) is 41.3 Å². The molecule has 1 aliphatic heterocycles. The predicted octanol–water partition coefficient (Wildman–Crippen LogP) is 4.31. The molecule has 0 atom stereocenters. The SMILES string of the molecule is CC(C)c1cccc(NC(N)=NCc2ccc(N3CCOC3=O)cc2)c1.I. The van der Waals surface area contributed by atoms with Gasteiger partial charge >= 0.3 is 6.09 Å². The number of nitrogens with zero attached hydrogens (tertiary/aromatic N) is 2. The molecular weight excluding hydrogens is 455 g/mol. The number of hydrogen-bond acceptors (Lipinski definition) is 3. The number of nitrogens with two attached hydrogens (primary N) is 1. The van der Waals surface area contributed by atoms with Gasteiger partial charge in [0.25, 0.3) is 0 Å². The van der Waals surface area contributed by atoms with Crippen molar-refractivity contribution < 1.29 is 9.53 Å². The highest BCUT2D eigenvalue weighted by molar-refractivity contribution is 14.0. The highest BCUT2D eigenvalue weighted by atomic mass is 127. The zero-order valence-electron chi connectivity index (χ0n) is 15.5. The smallest absolute Gasteiger partial charge is 0.414 e. The summed E-state index contributed by atoms with van der Waals surface area (Å²) < 4.78 is 4.95. The van der Waals surface area contributed by atoms with Crippen molar-refractivity contribution in [2.24, 2.45) is 10.7 Å². The van der Waals surface area contributed by atoms with Crippen LogP contribution in [0.15, 0.2) is 53.5 Å². The normalized spacial score (nSPS) is 14.1. The second-order valence-corrected chi connectivity index (χ2v) is 6.54. The first-order valence-corrected chi connectivity index (χ1v) is 8.73. The first kappa shape index (κ1) is 21.0. The minimum absolute atomic E-state index is 0. The number of benzene rings is 2. The van der Waals surface area contributed by atoms with Gasteiger partial charge in [-0.25, -0.2) is 9.79 Å². The maximum Gasteiger partial charge on any atom is 0.414 e. The number of cyclic esters (lactones) is 1. The summed E-state index contributed by atoms with van der Waals surface area (Å²) in [6.45, 7) is 5.80. The molecule has 0 bridgehead atoms. The van der Waals surface area contributed by atoms with Crippen molar-refractivity contribution in [1.29, 1.82) is 0 Å². The molecule has 0 unspecified atom stereocenters. The second-order valence-electron chi connectivity index (χ2n) is 6.54. The standard InChI is InChI=1S/C20H24N4O2.HI/c1-14(2)16-4-3-5-17(12-16)23-19(21)22-13-15-6-8-18(9-7-15)24-10-11-26-20(24)25;/h3-9,12,14H,10-11,13H2,1-2H3,(H3,21,22,23);1H. The first-order chi connectivity index (χ1) is 12.5. The van der Waals surface area contributed by atoms with Gasteiger partial charge in [0, 0.05) is 11.4 Å². The number of rotatable bonds is 5. The number of guanidine groups is 1. The van der Waals surface area contributed by atoms with Gasteiger partial charge in [-0.3, -0.25) is 4.90 Å². The number of carbonyl (C=O) groups excluding carboxylic acids is 1. The Balaban J connectivity index is 0.00000261. The van der Waals surface area contributed by atoms with E-state index in [4.69, 9.17) is 10.5 Å². The van der Waals surface area contributed by atoms with Crippen molar-refractivity contribution in [1.82, 2.24) is 0 Å². The Kier molecular flexibility index (Phi) is 7.46. The average molecular weight is 480 g/mol. The molecule has 2 aromatic carbocycles. The third kappa shape index (κ3) is 5.59. The number of carbonyl (C=O) groups is 1. The number of anilines is 2. The van der Waals surface area contributed by atoms with E-state index in [2.05, 4.69) is 36.3 Å². The fourth-order valence-corrected chi connectivity index (χ4v) is 2.75. The zero-order chi connectivity index (χ0) is 18.5. The van der Waals surface area contributed by atoms with E-state index in [0.29, 0.717) is 31.6 Å². The summed E-state index contributed by atoms with van der Waals surface area (Å²) in [5.74, 6) is 0.833. The van der Waals surface area contributed by atoms with Gasteiger partial charge in [-0.15, -0.1) is 24.0 Å². The fraction of sp³-hybridized carbons (Fsp3) is 0.300. The average Bonchev–Trinajstić information content (AvgIpc) is 3.06. The summed E-state index contributed by atoms with van der Waals surface area (Å²) in [5, 5.41) is 3.13. The van der Waals surface area contributed by atoms with E-state index in [1.54, 1.807) is 4.90 Å². The van der Waals surface area contributed by atoms with Crippen molar-refractivity contribution in [3.8, 4) is 0 Å². The van der Waals surface area contributed by atoms with Gasteiger partial charge in [-0.1, -0.05) is 38.1 Å². The third-order valence-corrected chi connectivity index (χ3v) is 4.27. The van der Waals surface area contributed by atoms with Gasteiger partial charge in [-0.2, -0.15) is 0 Å². The summed E-state index contributed by atoms with van der Waals surface area (Å²) in [6.07, 6.45) is -0.298. The largest absolute Gasteiger partial charge is 0.447 e. The molecule has 1 aliphatic rings. The van der Waals surface area contributed by atoms with E-state index in [9.17, 15) is 4.79 Å². The van der Waals surface area contributed by atoms with Crippen molar-refractivity contribution in [2.75, 3.05) is 23.4 Å². The van der Waals surface area contributed by atoms with Crippen LogP contribution in [0.1, 0.15) is 30.9 Å². The number of halogens is 1. The Morgan fingerprint density at radius 2 is 2.00 bits per heavy atom. The van der Waals surface area contributed by atoms with Gasteiger partial charge in [0.15, 0.2) is 5.96 Å². The molecule has 1 heterocycles. The van der Waals surface area contributed by atoms with Crippen LogP contribution in [0.4, 0.5) is 16.2 Å². The van der Waals surface area contributed by atoms with Crippen LogP contribution >= 0.6 is 24.0 Å². The summed E-state index contributed by atoms with van der Waals surface area (Å²) in [5.41, 5.74) is 10.0. The lowest BCUT2D eigenvalue weighted by Gasteiger charge is -2.13. The third-order valence-electron chi connectivity index (χ3n) is 4.27. The van der Waals surface area contributed by atoms with Crippen LogP contribution < -0.4 is 16.0 Å². The lowest BCUT2D eigenvalue weighted by molar-refractivity contribution is 0.181. The highest BCUT2D eigenvalue weighted by Gasteiger charge is 2.23. The van der Waals surface area contributed by atoms with Gasteiger partial charge in [0.05, 0.1) is 13.1 Å². The summed E-state index contributed by atoms with van der Waals surface area (Å²) in [6, 6.07) is 15.8. The van der Waals surface area contributed by atoms with E-state index in [1.165, 1.54) is 5.56 Å². The molecule has 3 N–H and O–H groups in total. The van der Waals surface area contributed by atoms with Gasteiger partial charge in [0.1, 0.15) is 6.61 Å². The van der Waals surface area contributed by atoms with Crippen LogP contribution in [-0.2, 0) is 11.3 Å². The summed E-state index contributed by atoms with van der Waals surface area (Å²) in [7, 11) is 0. The fourth-order valence-electron chi connectivity index (χ4n) is 2.75. The molecule has 1 amide bonds. The lowest BCUT2D eigenvalue weighted by atomic mass is 10.0. The van der Waals surface area contributed by atoms with Crippen LogP contribution in [-0.4, -0.2) is 25.2 Å². The van der Waals surface area contributed by atoms with E-state index in [-0.39, 0.29) is 30.1 Å². The van der Waals surface area contributed by atoms with Crippen molar-refractivity contribution in [3.63, 3.8) is 0 Å². The van der Waals surface area contributed by atoms with E-state index < -0.39 is 0 Å². The minimum atomic E-state index is -0.298. The molecule has 3 rings (SSSR count). The molecule has 0 saturated carbocycles. The molecule has 0 spiro atoms. The monoisotopic (exact) mass is 480 g/mol. The van der Waals surface area contributed by atoms with Crippen molar-refractivity contribution >= 4 is 47.4 Å². The van der Waals surface area contributed by atoms with Crippen LogP contribution in [0, 0.1) is 0 Å². The van der Waals surface area contributed by atoms with Crippen LogP contribution in [0.3, 0.4) is 0 Å². The number of ether oxygens (including phenoxy) is 1. The van der Waals surface area contributed by atoms with Crippen LogP contribution in [0.5, 0.6) is 0 Å². The molecule has 0 radical (unpaired) electrons. The van der Waals surface area contributed by atoms with Crippen LogP contribution in [0.2, 0.25) is 0 Å². The van der Waals surface area contributed by atoms with Crippen molar-refractivity contribution in [2.45, 2.75) is 26.3 Å². The molecular formula is C20H25IN4O2. The number of hydrogen-bond donors (Lipinski definition) is 2. The van der Waals surface area contributed by atoms with E-state index in [0.717, 1.165) is 16.9 Å². The number of nitrogens with one attached hydrogen (secondary N) is 1. The van der Waals surface area contributed by atoms with Gasteiger partial charge < -0.3 is 15.8 Å². The number of amides is 1. The Hall–Kier alpha value is -2.29. The topological polar surface area (TPSA) is 79.9 Å². The molecule has 1 saturated heterocycles. The molecule has 0 aliphatic carbocycles. The molecule has 7 heteroatoms. The van der Waals surface area contributed by atoms with Gasteiger partial charge in [0.2, 0.25) is 0 Å². The Morgan fingerprint density at radius 3 is 2.63 bits per heavy atom. The Morgan fingerprint density at radius 1 is 1.26 bits per heavy atom. The Labute approximate surface area is 176 Å². The molecule has 0 aromatic heterocycles. The lowest BCUT2D eigenvalue weighted by Crippen LogP contribution is -2.23. The minimum Gasteiger partial charge on any atom is -0.447 e. The Bertz CT molecular complexity index is 806. The maximum absolute atomic E-state index is 11.6. The predicted molar refractivity (Wildman–Crippen MR) is 120 cm³/mol. The molecule has 6 nitrogen and oxygen atoms in total. The van der Waals surface area contributed by atoms with Crippen LogP contribution in [0.25, 0.3) is 0 Å². The second kappa shape index (κ2) is 9.59. The number of aliphatic imine (C=N–C) groups is 1. The van der Waals surface area contributed by atoms with E-state index in [1.807, 2.05) is 36.4 Å². The molecule has 1 fully saturated rings. The maximum atomic E-state index is 11.6. The quantitative estimate of drug-likeness (QED) is 0.380. The van der Waals surface area contributed by atoms with E-state index >= 15 is 0 Å².